The van der Waals surface area contributed by atoms with E-state index in [-0.39, 0.29) is 17.6 Å². The van der Waals surface area contributed by atoms with E-state index in [2.05, 4.69) is 303 Å². The van der Waals surface area contributed by atoms with Gasteiger partial charge in [-0.15, -0.1) is 0 Å². The summed E-state index contributed by atoms with van der Waals surface area (Å²) in [5, 5.41) is 29.0. The first-order valence-electron chi connectivity index (χ1n) is 33.6. The van der Waals surface area contributed by atoms with E-state index in [0.29, 0.717) is 0 Å². The summed E-state index contributed by atoms with van der Waals surface area (Å²) >= 11 is 0. The summed E-state index contributed by atoms with van der Waals surface area (Å²) in [6.07, 6.45) is 0. The molecule has 0 saturated carbocycles. The molecule has 2 aliphatic rings. The molecule has 3 N–H and O–H groups in total. The van der Waals surface area contributed by atoms with E-state index in [0.717, 1.165) is 72.5 Å². The quantitative estimate of drug-likeness (QED) is 0.129. The van der Waals surface area contributed by atoms with Gasteiger partial charge in [-0.3, -0.25) is 0 Å². The number of nitrogens with two attached hydrogens (primary N) is 1. The molecule has 0 fully saturated rings. The molecule has 2 heterocycles. The first kappa shape index (κ1) is 56.8. The number of aromatic hydroxyl groups is 1. The van der Waals surface area contributed by atoms with Gasteiger partial charge in [-0.2, -0.15) is 0 Å². The first-order chi connectivity index (χ1) is 48.5. The summed E-state index contributed by atoms with van der Waals surface area (Å²) in [7, 11) is 0. The van der Waals surface area contributed by atoms with Gasteiger partial charge >= 0.3 is 0 Å². The Balaban J connectivity index is 0.000000137. The van der Waals surface area contributed by atoms with Crippen LogP contribution in [0.25, 0.3) is 131 Å². The van der Waals surface area contributed by atoms with Crippen LogP contribution in [0.15, 0.2) is 340 Å². The number of phenols is 1. The Bertz CT molecular complexity index is 5580. The summed E-state index contributed by atoms with van der Waals surface area (Å²) in [5.74, 6) is 3.99. The summed E-state index contributed by atoms with van der Waals surface area (Å²) < 4.78 is 14.4. The first-order valence-corrected chi connectivity index (χ1v) is 33.6. The highest BCUT2D eigenvalue weighted by atomic mass is 16.5. The second kappa shape index (κ2) is 23.0. The lowest BCUT2D eigenvalue weighted by atomic mass is 9.76. The van der Waals surface area contributed by atoms with E-state index < -0.39 is 0 Å². The van der Waals surface area contributed by atoms with Crippen molar-refractivity contribution in [1.29, 1.82) is 0 Å². The molecule has 0 amide bonds. The zero-order chi connectivity index (χ0) is 65.0. The molecule has 460 valence electrons. The van der Waals surface area contributed by atoms with Crippen LogP contribution in [0.2, 0.25) is 0 Å². The van der Waals surface area contributed by atoms with Crippen LogP contribution in [0, 0.1) is 0 Å². The van der Waals surface area contributed by atoms with Gasteiger partial charge in [0.25, 0.3) is 0 Å². The molecule has 0 atom stereocenters. The average molecular weight is 1250 g/mol. The van der Waals surface area contributed by atoms with E-state index >= 15 is 0 Å². The normalized spacial score (nSPS) is 12.7. The Labute approximate surface area is 566 Å². The van der Waals surface area contributed by atoms with E-state index in [1.807, 2.05) is 24.3 Å². The standard InChI is InChI=1S/C47H31NO.C47H30O2/c2*48-34-27-25-32(26-28-34)30-19-17-29(18-20-30)31-21-23-33(24-22-31)43-44-39-13-5-1-9-35(39)37-11-3-7-15-41(37)46(44)49-47-42-16-8-4-12-38(42)36-10-2-6-14-40(36)45(43)47/h1-28,43H,48H2;1-28,43,48H. The topological polar surface area (TPSA) is 64.7 Å². The highest BCUT2D eigenvalue weighted by Crippen LogP contribution is 2.59. The van der Waals surface area contributed by atoms with Gasteiger partial charge in [0.05, 0.1) is 0 Å². The monoisotopic (exact) mass is 1250 g/mol. The molecule has 18 aromatic rings. The molecular weight excluding hydrogens is 1190 g/mol. The minimum Gasteiger partial charge on any atom is -0.508 e. The Morgan fingerprint density at radius 1 is 0.194 bits per heavy atom. The van der Waals surface area contributed by atoms with Crippen molar-refractivity contribution in [2.24, 2.45) is 0 Å². The van der Waals surface area contributed by atoms with Crippen LogP contribution in [-0.2, 0) is 0 Å². The highest BCUT2D eigenvalue weighted by Gasteiger charge is 2.37. The predicted octanol–water partition coefficient (Wildman–Crippen LogP) is 25.1. The smallest absolute Gasteiger partial charge is 0.140 e. The fourth-order valence-electron chi connectivity index (χ4n) is 16.1. The third-order valence-corrected chi connectivity index (χ3v) is 20.6. The number of nitrogen functional groups attached to an aromatic ring is 1. The van der Waals surface area contributed by atoms with Gasteiger partial charge in [-0.05, 0) is 145 Å². The molecular formula is C94H61NO3. The molecule has 0 radical (unpaired) electrons. The van der Waals surface area contributed by atoms with Gasteiger partial charge < -0.3 is 20.3 Å². The lowest BCUT2D eigenvalue weighted by molar-refractivity contribution is 0.467. The number of ether oxygens (including phenoxy) is 2. The zero-order valence-corrected chi connectivity index (χ0v) is 53.3. The maximum atomic E-state index is 9.71. The molecule has 0 aromatic heterocycles. The zero-order valence-electron chi connectivity index (χ0n) is 53.3. The number of benzene rings is 18. The average Bonchev–Trinajstić information content (AvgIpc) is 0.708. The maximum absolute atomic E-state index is 9.71. The number of fused-ring (bicyclic) bond motifs is 24. The molecule has 4 nitrogen and oxygen atoms in total. The molecule has 0 aliphatic carbocycles. The molecule has 18 aromatic carbocycles. The van der Waals surface area contributed by atoms with Crippen molar-refractivity contribution in [3.8, 4) is 73.3 Å². The Morgan fingerprint density at radius 3 is 0.602 bits per heavy atom. The van der Waals surface area contributed by atoms with E-state index in [1.165, 1.54) is 120 Å². The molecule has 0 bridgehead atoms. The van der Waals surface area contributed by atoms with Gasteiger partial charge in [0.15, 0.2) is 0 Å². The van der Waals surface area contributed by atoms with Gasteiger partial charge in [0.2, 0.25) is 0 Å². The van der Waals surface area contributed by atoms with Crippen LogP contribution in [0.3, 0.4) is 0 Å². The van der Waals surface area contributed by atoms with Crippen LogP contribution in [0.5, 0.6) is 28.7 Å². The van der Waals surface area contributed by atoms with Gasteiger partial charge in [-0.25, -0.2) is 0 Å². The summed E-state index contributed by atoms with van der Waals surface area (Å²) in [4.78, 5) is 0. The van der Waals surface area contributed by atoms with Crippen molar-refractivity contribution in [1.82, 2.24) is 0 Å². The molecule has 0 unspecified atom stereocenters. The van der Waals surface area contributed by atoms with Crippen molar-refractivity contribution in [3.63, 3.8) is 0 Å². The van der Waals surface area contributed by atoms with E-state index in [9.17, 15) is 5.11 Å². The third-order valence-electron chi connectivity index (χ3n) is 20.6. The fraction of sp³-hybridized carbons (Fsp3) is 0.0213. The van der Waals surface area contributed by atoms with Gasteiger partial charge in [0, 0.05) is 61.3 Å². The van der Waals surface area contributed by atoms with Gasteiger partial charge in [0.1, 0.15) is 28.7 Å². The van der Waals surface area contributed by atoms with Crippen molar-refractivity contribution < 1.29 is 14.6 Å². The van der Waals surface area contributed by atoms with Crippen molar-refractivity contribution in [3.05, 3.63) is 373 Å². The number of phenolic OH excluding ortho intramolecular Hbond substituents is 1. The number of anilines is 1. The number of hydrogen-bond donors (Lipinski definition) is 2. The lowest BCUT2D eigenvalue weighted by Gasteiger charge is -2.33. The van der Waals surface area contributed by atoms with E-state index in [4.69, 9.17) is 15.2 Å². The minimum absolute atomic E-state index is 0.0373. The SMILES string of the molecule is Nc1ccc(-c2ccc(-c3ccc(C4c5c(c6ccccc6c6ccccc56)Oc5c4c4ccccc4c4ccccc54)cc3)cc2)cc1.Oc1ccc(-c2ccc(-c3ccc(C4c5c(c6ccccc6c6ccccc56)Oc5c4c4ccccc4c4ccccc54)cc3)cc2)cc1. The maximum Gasteiger partial charge on any atom is 0.140 e. The van der Waals surface area contributed by atoms with E-state index in [1.54, 1.807) is 12.1 Å². The summed E-state index contributed by atoms with van der Waals surface area (Å²) in [6.45, 7) is 0. The van der Waals surface area contributed by atoms with Crippen LogP contribution in [-0.4, -0.2) is 5.11 Å². The van der Waals surface area contributed by atoms with Crippen LogP contribution in [0.1, 0.15) is 45.2 Å². The largest absolute Gasteiger partial charge is 0.508 e. The highest BCUT2D eigenvalue weighted by molar-refractivity contribution is 6.19. The third kappa shape index (κ3) is 9.21. The molecule has 20 rings (SSSR count). The molecule has 0 spiro atoms. The Kier molecular flexibility index (Phi) is 13.3. The summed E-state index contributed by atoms with van der Waals surface area (Å²) in [6, 6.07) is 121. The number of rotatable bonds is 6. The summed E-state index contributed by atoms with van der Waals surface area (Å²) in [5.41, 5.74) is 23.3. The van der Waals surface area contributed by atoms with Gasteiger partial charge in [-0.1, -0.05) is 315 Å². The van der Waals surface area contributed by atoms with Crippen LogP contribution < -0.4 is 15.2 Å². The van der Waals surface area contributed by atoms with Crippen molar-refractivity contribution >= 4 is 91.9 Å². The van der Waals surface area contributed by atoms with Crippen molar-refractivity contribution in [2.45, 2.75) is 11.8 Å². The minimum atomic E-state index is -0.0475. The fourth-order valence-corrected chi connectivity index (χ4v) is 16.1. The predicted molar refractivity (Wildman–Crippen MR) is 409 cm³/mol. The second-order valence-corrected chi connectivity index (χ2v) is 26.0. The Hall–Kier alpha value is -12.8. The Morgan fingerprint density at radius 2 is 0.367 bits per heavy atom. The molecule has 2 aliphatic heterocycles. The lowest BCUT2D eigenvalue weighted by Crippen LogP contribution is -2.14. The second-order valence-electron chi connectivity index (χ2n) is 26.0. The van der Waals surface area contributed by atoms with Crippen LogP contribution >= 0.6 is 0 Å². The number of hydrogen-bond acceptors (Lipinski definition) is 4. The molecule has 0 saturated heterocycles. The van der Waals surface area contributed by atoms with Crippen LogP contribution in [0.4, 0.5) is 5.69 Å². The van der Waals surface area contributed by atoms with Crippen molar-refractivity contribution in [2.75, 3.05) is 5.73 Å². The molecule has 4 heteroatoms. The molecule has 98 heavy (non-hydrogen) atoms.